The molecule has 28 heavy (non-hydrogen) atoms. The highest BCUT2D eigenvalue weighted by Gasteiger charge is 2.53. The lowest BCUT2D eigenvalue weighted by Gasteiger charge is -2.21. The number of carbonyl (C=O) groups excluding carboxylic acids is 2. The first-order valence-electron chi connectivity index (χ1n) is 9.12. The van der Waals surface area contributed by atoms with Crippen molar-refractivity contribution in [3.8, 4) is 0 Å². The largest absolute Gasteiger partial charge is 0.348 e. The molecule has 2 aliphatic rings. The van der Waals surface area contributed by atoms with Crippen LogP contribution in [0.4, 0.5) is 10.5 Å². The van der Waals surface area contributed by atoms with Crippen molar-refractivity contribution >= 4 is 27.5 Å². The number of amides is 3. The summed E-state index contributed by atoms with van der Waals surface area (Å²) in [6.45, 7) is 0.436. The van der Waals surface area contributed by atoms with Crippen molar-refractivity contribution in [1.82, 2.24) is 10.2 Å². The molecule has 8 heteroatoms. The standard InChI is InChI=1S/C20H21N3O4S/c24-19(14-7-3-1-4-8-14)22-17-13-28(26,27)18-12-23(11-16(17)18)20(25)21-15-9-5-2-6-10-15/h1-10,16-18H,11-13H2,(H,21,25)(H,22,24). The van der Waals surface area contributed by atoms with E-state index in [2.05, 4.69) is 10.6 Å². The minimum atomic E-state index is -3.38. The molecule has 3 unspecified atom stereocenters. The van der Waals surface area contributed by atoms with Gasteiger partial charge in [0.2, 0.25) is 0 Å². The molecule has 146 valence electrons. The van der Waals surface area contributed by atoms with Gasteiger partial charge >= 0.3 is 6.03 Å². The van der Waals surface area contributed by atoms with E-state index in [-0.39, 0.29) is 30.2 Å². The van der Waals surface area contributed by atoms with E-state index in [9.17, 15) is 18.0 Å². The smallest absolute Gasteiger partial charge is 0.321 e. The number of benzene rings is 2. The third-order valence-electron chi connectivity index (χ3n) is 5.36. The minimum Gasteiger partial charge on any atom is -0.348 e. The summed E-state index contributed by atoms with van der Waals surface area (Å²) in [6, 6.07) is 16.9. The van der Waals surface area contributed by atoms with E-state index >= 15 is 0 Å². The summed E-state index contributed by atoms with van der Waals surface area (Å²) in [5.41, 5.74) is 1.14. The van der Waals surface area contributed by atoms with Crippen molar-refractivity contribution in [2.75, 3.05) is 24.2 Å². The summed E-state index contributed by atoms with van der Waals surface area (Å²) in [5.74, 6) is -0.692. The highest BCUT2D eigenvalue weighted by atomic mass is 32.2. The van der Waals surface area contributed by atoms with E-state index in [4.69, 9.17) is 0 Å². The average Bonchev–Trinajstić information content (AvgIpc) is 3.23. The second-order valence-corrected chi connectivity index (χ2v) is 9.44. The van der Waals surface area contributed by atoms with E-state index in [1.807, 2.05) is 24.3 Å². The normalized spacial score (nSPS) is 25.1. The lowest BCUT2D eigenvalue weighted by Crippen LogP contribution is -2.43. The van der Waals surface area contributed by atoms with E-state index in [1.165, 1.54) is 4.90 Å². The Bertz CT molecular complexity index is 979. The number of carbonyl (C=O) groups is 2. The number of sulfone groups is 1. The first-order valence-corrected chi connectivity index (χ1v) is 10.8. The Kier molecular flexibility index (Phi) is 4.80. The third-order valence-corrected chi connectivity index (χ3v) is 7.61. The van der Waals surface area contributed by atoms with E-state index < -0.39 is 21.1 Å². The van der Waals surface area contributed by atoms with Crippen LogP contribution in [0.2, 0.25) is 0 Å². The summed E-state index contributed by atoms with van der Waals surface area (Å²) in [4.78, 5) is 26.5. The Morgan fingerprint density at radius 3 is 2.25 bits per heavy atom. The van der Waals surface area contributed by atoms with Gasteiger partial charge in [-0.1, -0.05) is 36.4 Å². The van der Waals surface area contributed by atoms with Crippen LogP contribution in [-0.4, -0.2) is 55.4 Å². The van der Waals surface area contributed by atoms with Crippen molar-refractivity contribution in [1.29, 1.82) is 0 Å². The third kappa shape index (κ3) is 3.60. The Hall–Kier alpha value is -2.87. The molecule has 3 atom stereocenters. The van der Waals surface area contributed by atoms with E-state index in [0.717, 1.165) is 0 Å². The average molecular weight is 399 g/mol. The fraction of sp³-hybridized carbons (Fsp3) is 0.300. The van der Waals surface area contributed by atoms with Crippen LogP contribution in [0.3, 0.4) is 0 Å². The quantitative estimate of drug-likeness (QED) is 0.822. The Labute approximate surface area is 163 Å². The number of hydrogen-bond donors (Lipinski definition) is 2. The maximum absolute atomic E-state index is 12.6. The molecule has 2 heterocycles. The zero-order chi connectivity index (χ0) is 19.7. The highest BCUT2D eigenvalue weighted by molar-refractivity contribution is 7.92. The molecule has 0 aliphatic carbocycles. The van der Waals surface area contributed by atoms with Gasteiger partial charge in [-0.15, -0.1) is 0 Å². The lowest BCUT2D eigenvalue weighted by molar-refractivity contribution is 0.0931. The number of rotatable bonds is 3. The van der Waals surface area contributed by atoms with Gasteiger partial charge in [-0.05, 0) is 24.3 Å². The predicted octanol–water partition coefficient (Wildman–Crippen LogP) is 1.75. The molecule has 4 rings (SSSR count). The van der Waals surface area contributed by atoms with Crippen LogP contribution < -0.4 is 10.6 Å². The monoisotopic (exact) mass is 399 g/mol. The Morgan fingerprint density at radius 1 is 0.929 bits per heavy atom. The summed E-state index contributed by atoms with van der Waals surface area (Å²) < 4.78 is 25.2. The molecule has 0 aromatic heterocycles. The minimum absolute atomic E-state index is 0.0882. The van der Waals surface area contributed by atoms with Crippen molar-refractivity contribution in [2.24, 2.45) is 5.92 Å². The van der Waals surface area contributed by atoms with Crippen LogP contribution in [0, 0.1) is 5.92 Å². The maximum Gasteiger partial charge on any atom is 0.321 e. The predicted molar refractivity (Wildman–Crippen MR) is 106 cm³/mol. The van der Waals surface area contributed by atoms with Crippen LogP contribution in [-0.2, 0) is 9.84 Å². The summed E-state index contributed by atoms with van der Waals surface area (Å²) in [7, 11) is -3.38. The van der Waals surface area contributed by atoms with Gasteiger partial charge in [-0.2, -0.15) is 0 Å². The van der Waals surface area contributed by atoms with Crippen molar-refractivity contribution in [3.63, 3.8) is 0 Å². The van der Waals surface area contributed by atoms with Crippen LogP contribution >= 0.6 is 0 Å². The molecule has 0 spiro atoms. The molecular formula is C20H21N3O4S. The maximum atomic E-state index is 12.6. The number of hydrogen-bond acceptors (Lipinski definition) is 4. The van der Waals surface area contributed by atoms with Gasteiger partial charge in [0.05, 0.1) is 11.0 Å². The molecule has 0 radical (unpaired) electrons. The topological polar surface area (TPSA) is 95.6 Å². The lowest BCUT2D eigenvalue weighted by atomic mass is 10.00. The zero-order valence-electron chi connectivity index (χ0n) is 15.1. The second-order valence-electron chi connectivity index (χ2n) is 7.18. The number of para-hydroxylation sites is 1. The summed E-state index contributed by atoms with van der Waals surface area (Å²) >= 11 is 0. The first kappa shape index (κ1) is 18.5. The van der Waals surface area contributed by atoms with Gasteiger partial charge in [-0.25, -0.2) is 13.2 Å². The Balaban J connectivity index is 1.46. The molecule has 2 aromatic rings. The first-order chi connectivity index (χ1) is 13.4. The van der Waals surface area contributed by atoms with Crippen molar-refractivity contribution in [3.05, 3.63) is 66.2 Å². The fourth-order valence-corrected chi connectivity index (χ4v) is 6.24. The summed E-state index contributed by atoms with van der Waals surface area (Å²) in [5, 5.41) is 5.00. The molecule has 0 bridgehead atoms. The van der Waals surface area contributed by atoms with Gasteiger partial charge in [0.15, 0.2) is 9.84 Å². The van der Waals surface area contributed by atoms with E-state index in [0.29, 0.717) is 17.8 Å². The second kappa shape index (κ2) is 7.27. The highest BCUT2D eigenvalue weighted by Crippen LogP contribution is 2.34. The number of nitrogens with one attached hydrogen (secondary N) is 2. The van der Waals surface area contributed by atoms with Crippen LogP contribution in [0.15, 0.2) is 60.7 Å². The van der Waals surface area contributed by atoms with Gasteiger partial charge < -0.3 is 15.5 Å². The molecular weight excluding hydrogens is 378 g/mol. The van der Waals surface area contributed by atoms with Crippen molar-refractivity contribution < 1.29 is 18.0 Å². The number of likely N-dealkylation sites (tertiary alicyclic amines) is 1. The van der Waals surface area contributed by atoms with Crippen LogP contribution in [0.1, 0.15) is 10.4 Å². The molecule has 2 saturated heterocycles. The summed E-state index contributed by atoms with van der Waals surface area (Å²) in [6.07, 6.45) is 0. The van der Waals surface area contributed by atoms with Gasteiger partial charge in [0, 0.05) is 36.3 Å². The number of anilines is 1. The molecule has 3 amide bonds. The SMILES string of the molecule is O=C(NC1CS(=O)(=O)C2CN(C(=O)Nc3ccccc3)CC12)c1ccccc1. The van der Waals surface area contributed by atoms with Gasteiger partial charge in [0.25, 0.3) is 5.91 Å². The van der Waals surface area contributed by atoms with E-state index in [1.54, 1.807) is 36.4 Å². The molecule has 2 N–H and O–H groups in total. The number of urea groups is 1. The zero-order valence-corrected chi connectivity index (χ0v) is 15.9. The molecule has 0 saturated carbocycles. The fourth-order valence-electron chi connectivity index (χ4n) is 3.94. The van der Waals surface area contributed by atoms with Crippen LogP contribution in [0.25, 0.3) is 0 Å². The molecule has 2 aromatic carbocycles. The number of fused-ring (bicyclic) bond motifs is 1. The number of nitrogens with zero attached hydrogens (tertiary/aromatic N) is 1. The molecule has 2 fully saturated rings. The van der Waals surface area contributed by atoms with Crippen molar-refractivity contribution in [2.45, 2.75) is 11.3 Å². The molecule has 2 aliphatic heterocycles. The Morgan fingerprint density at radius 2 is 1.57 bits per heavy atom. The van der Waals surface area contributed by atoms with Gasteiger partial charge in [0.1, 0.15) is 0 Å². The molecule has 7 nitrogen and oxygen atoms in total. The van der Waals surface area contributed by atoms with Crippen LogP contribution in [0.5, 0.6) is 0 Å². The van der Waals surface area contributed by atoms with Gasteiger partial charge in [-0.3, -0.25) is 4.79 Å².